The third kappa shape index (κ3) is 6.24. The monoisotopic (exact) mass is 367 g/mol. The molecule has 0 bridgehead atoms. The fraction of sp³-hybridized carbons (Fsp3) is 0.579. The molecule has 1 aromatic carbocycles. The van der Waals surface area contributed by atoms with E-state index in [0.717, 1.165) is 44.3 Å². The maximum Gasteiger partial charge on any atom is 0.225 e. The fourth-order valence-electron chi connectivity index (χ4n) is 3.24. The first-order valence-corrected chi connectivity index (χ1v) is 8.96. The summed E-state index contributed by atoms with van der Waals surface area (Å²) in [4.78, 5) is 26.5. The summed E-state index contributed by atoms with van der Waals surface area (Å²) in [5.41, 5.74) is 7.32. The van der Waals surface area contributed by atoms with Crippen LogP contribution in [0.2, 0.25) is 0 Å². The summed E-state index contributed by atoms with van der Waals surface area (Å²) in [5, 5.41) is 3.09. The number of anilines is 1. The van der Waals surface area contributed by atoms with E-state index in [1.54, 1.807) is 0 Å². The van der Waals surface area contributed by atoms with Crippen molar-refractivity contribution in [2.75, 3.05) is 18.8 Å². The number of rotatable bonds is 6. The fourth-order valence-corrected chi connectivity index (χ4v) is 3.24. The van der Waals surface area contributed by atoms with E-state index < -0.39 is 0 Å². The van der Waals surface area contributed by atoms with Crippen molar-refractivity contribution in [2.45, 2.75) is 52.0 Å². The summed E-state index contributed by atoms with van der Waals surface area (Å²) in [6.45, 7) is 5.61. The first-order valence-electron chi connectivity index (χ1n) is 8.96. The molecule has 0 aromatic heterocycles. The van der Waals surface area contributed by atoms with E-state index in [0.29, 0.717) is 12.1 Å². The van der Waals surface area contributed by atoms with Gasteiger partial charge in [0.1, 0.15) is 0 Å². The molecule has 1 aromatic rings. The average Bonchev–Trinajstić information content (AvgIpc) is 2.58. The first-order chi connectivity index (χ1) is 11.5. The van der Waals surface area contributed by atoms with Crippen LogP contribution < -0.4 is 11.1 Å². The molecule has 2 rings (SSSR count). The van der Waals surface area contributed by atoms with E-state index in [1.165, 1.54) is 0 Å². The normalized spacial score (nSPS) is 14.9. The van der Waals surface area contributed by atoms with Crippen molar-refractivity contribution in [1.29, 1.82) is 0 Å². The summed E-state index contributed by atoms with van der Waals surface area (Å²) in [6, 6.07) is 7.55. The van der Waals surface area contributed by atoms with Crippen molar-refractivity contribution in [2.24, 2.45) is 5.92 Å². The number of amides is 2. The van der Waals surface area contributed by atoms with Crippen LogP contribution in [0.1, 0.15) is 45.1 Å². The number of carbonyl (C=O) groups is 2. The highest BCUT2D eigenvalue weighted by Gasteiger charge is 2.27. The van der Waals surface area contributed by atoms with Crippen LogP contribution in [0.25, 0.3) is 0 Å². The van der Waals surface area contributed by atoms with Gasteiger partial charge >= 0.3 is 0 Å². The number of nitrogens with one attached hydrogen (secondary N) is 1. The SMILES string of the molecule is CCC(CC)C(=O)N1CCC(NC(=O)Cc2ccc(N)cc2)CC1.Cl. The van der Waals surface area contributed by atoms with Crippen LogP contribution in [0.15, 0.2) is 24.3 Å². The lowest BCUT2D eigenvalue weighted by atomic mass is 9.98. The molecule has 1 aliphatic heterocycles. The van der Waals surface area contributed by atoms with Crippen molar-refractivity contribution in [1.82, 2.24) is 10.2 Å². The molecule has 1 saturated heterocycles. The van der Waals surface area contributed by atoms with E-state index in [-0.39, 0.29) is 36.2 Å². The lowest BCUT2D eigenvalue weighted by Gasteiger charge is -2.34. The number of halogens is 1. The zero-order valence-corrected chi connectivity index (χ0v) is 16.0. The molecule has 0 radical (unpaired) electrons. The maximum absolute atomic E-state index is 12.4. The lowest BCUT2D eigenvalue weighted by Crippen LogP contribution is -2.48. The Morgan fingerprint density at radius 1 is 1.16 bits per heavy atom. The predicted octanol–water partition coefficient (Wildman–Crippen LogP) is 2.78. The summed E-state index contributed by atoms with van der Waals surface area (Å²) < 4.78 is 0. The Morgan fingerprint density at radius 2 is 1.72 bits per heavy atom. The van der Waals surface area contributed by atoms with E-state index in [4.69, 9.17) is 5.73 Å². The Balaban J connectivity index is 0.00000312. The number of nitrogens with zero attached hydrogens (tertiary/aromatic N) is 1. The Morgan fingerprint density at radius 3 is 2.24 bits per heavy atom. The zero-order valence-electron chi connectivity index (χ0n) is 15.2. The Bertz CT molecular complexity index is 550. The van der Waals surface area contributed by atoms with Crippen LogP contribution in [-0.4, -0.2) is 35.8 Å². The highest BCUT2D eigenvalue weighted by atomic mass is 35.5. The largest absolute Gasteiger partial charge is 0.399 e. The molecule has 6 heteroatoms. The number of nitrogen functional groups attached to an aromatic ring is 1. The predicted molar refractivity (Wildman–Crippen MR) is 104 cm³/mol. The van der Waals surface area contributed by atoms with Crippen molar-refractivity contribution >= 4 is 29.9 Å². The molecule has 1 aliphatic rings. The zero-order chi connectivity index (χ0) is 17.5. The molecule has 0 unspecified atom stereocenters. The van der Waals surface area contributed by atoms with E-state index in [1.807, 2.05) is 29.2 Å². The third-order valence-corrected chi connectivity index (χ3v) is 4.85. The van der Waals surface area contributed by atoms with Gasteiger partial charge in [0.15, 0.2) is 0 Å². The number of likely N-dealkylation sites (tertiary alicyclic amines) is 1. The van der Waals surface area contributed by atoms with Gasteiger partial charge in [-0.2, -0.15) is 0 Å². The van der Waals surface area contributed by atoms with Gasteiger partial charge in [0.05, 0.1) is 6.42 Å². The smallest absolute Gasteiger partial charge is 0.225 e. The summed E-state index contributed by atoms with van der Waals surface area (Å²) in [7, 11) is 0. The summed E-state index contributed by atoms with van der Waals surface area (Å²) >= 11 is 0. The van der Waals surface area contributed by atoms with E-state index in [9.17, 15) is 9.59 Å². The average molecular weight is 368 g/mol. The molecule has 1 heterocycles. The van der Waals surface area contributed by atoms with Crippen molar-refractivity contribution in [3.63, 3.8) is 0 Å². The van der Waals surface area contributed by atoms with Crippen LogP contribution in [0.5, 0.6) is 0 Å². The molecular formula is C19H30ClN3O2. The topological polar surface area (TPSA) is 75.4 Å². The number of hydrogen-bond acceptors (Lipinski definition) is 3. The Kier molecular flexibility index (Phi) is 8.76. The van der Waals surface area contributed by atoms with Crippen LogP contribution in [0.3, 0.4) is 0 Å². The van der Waals surface area contributed by atoms with Crippen LogP contribution >= 0.6 is 12.4 Å². The lowest BCUT2D eigenvalue weighted by molar-refractivity contribution is -0.137. The van der Waals surface area contributed by atoms with Gasteiger partial charge in [-0.3, -0.25) is 9.59 Å². The minimum absolute atomic E-state index is 0. The van der Waals surface area contributed by atoms with Crippen molar-refractivity contribution < 1.29 is 9.59 Å². The summed E-state index contributed by atoms with van der Waals surface area (Å²) in [6.07, 6.45) is 3.83. The molecule has 0 spiro atoms. The highest BCUT2D eigenvalue weighted by Crippen LogP contribution is 2.17. The molecule has 0 saturated carbocycles. The number of piperidine rings is 1. The molecule has 140 valence electrons. The molecule has 0 atom stereocenters. The second kappa shape index (κ2) is 10.3. The second-order valence-electron chi connectivity index (χ2n) is 6.60. The molecule has 1 fully saturated rings. The van der Waals surface area contributed by atoms with Crippen LogP contribution in [0, 0.1) is 5.92 Å². The van der Waals surface area contributed by atoms with E-state index in [2.05, 4.69) is 19.2 Å². The Labute approximate surface area is 156 Å². The van der Waals surface area contributed by atoms with Crippen LogP contribution in [-0.2, 0) is 16.0 Å². The molecule has 0 aliphatic carbocycles. The third-order valence-electron chi connectivity index (χ3n) is 4.85. The molecule has 2 amide bonds. The Hall–Kier alpha value is -1.75. The standard InChI is InChI=1S/C19H29N3O2.ClH/c1-3-15(4-2)19(24)22-11-9-17(10-12-22)21-18(23)13-14-5-7-16(20)8-6-14;/h5-8,15,17H,3-4,9-13,20H2,1-2H3,(H,21,23);1H. The van der Waals surface area contributed by atoms with Crippen molar-refractivity contribution in [3.8, 4) is 0 Å². The minimum Gasteiger partial charge on any atom is -0.399 e. The quantitative estimate of drug-likeness (QED) is 0.759. The maximum atomic E-state index is 12.4. The van der Waals surface area contributed by atoms with Gasteiger partial charge in [0, 0.05) is 30.7 Å². The molecule has 25 heavy (non-hydrogen) atoms. The van der Waals surface area contributed by atoms with Gasteiger partial charge in [-0.05, 0) is 43.4 Å². The van der Waals surface area contributed by atoms with Gasteiger partial charge in [-0.1, -0.05) is 26.0 Å². The van der Waals surface area contributed by atoms with Gasteiger partial charge in [0.25, 0.3) is 0 Å². The van der Waals surface area contributed by atoms with E-state index >= 15 is 0 Å². The van der Waals surface area contributed by atoms with Crippen molar-refractivity contribution in [3.05, 3.63) is 29.8 Å². The number of benzene rings is 1. The number of carbonyl (C=O) groups excluding carboxylic acids is 2. The number of hydrogen-bond donors (Lipinski definition) is 2. The number of nitrogens with two attached hydrogens (primary N) is 1. The molecule has 5 nitrogen and oxygen atoms in total. The van der Waals surface area contributed by atoms with Gasteiger partial charge < -0.3 is 16.0 Å². The van der Waals surface area contributed by atoms with Gasteiger partial charge in [0.2, 0.25) is 11.8 Å². The summed E-state index contributed by atoms with van der Waals surface area (Å²) in [5.74, 6) is 0.442. The van der Waals surface area contributed by atoms with Crippen LogP contribution in [0.4, 0.5) is 5.69 Å². The molecular weight excluding hydrogens is 338 g/mol. The first kappa shape index (κ1) is 21.3. The minimum atomic E-state index is 0. The van der Waals surface area contributed by atoms with Gasteiger partial charge in [-0.15, -0.1) is 12.4 Å². The van der Waals surface area contributed by atoms with Gasteiger partial charge in [-0.25, -0.2) is 0 Å². The molecule has 3 N–H and O–H groups in total. The second-order valence-corrected chi connectivity index (χ2v) is 6.60. The highest BCUT2D eigenvalue weighted by molar-refractivity contribution is 5.85.